The molecule has 0 radical (unpaired) electrons. The molecular weight excluding hydrogens is 220 g/mol. The van der Waals surface area contributed by atoms with Crippen LogP contribution in [0.15, 0.2) is 30.5 Å². The topological polar surface area (TPSA) is 24.9 Å². The number of anilines is 1. The number of rotatable bonds is 3. The molecule has 3 rings (SSSR count). The number of hydrogen-bond donors (Lipinski definition) is 1. The number of hydrogen-bond acceptors (Lipinski definition) is 2. The molecule has 2 nitrogen and oxygen atoms in total. The van der Waals surface area contributed by atoms with Crippen molar-refractivity contribution in [1.29, 1.82) is 0 Å². The SMILES string of the molecule is Cc1ccc(NC(C)C2(C)CC2)c2cccnc12. The van der Waals surface area contributed by atoms with Crippen molar-refractivity contribution in [3.05, 3.63) is 36.0 Å². The van der Waals surface area contributed by atoms with Crippen LogP contribution in [0.25, 0.3) is 10.9 Å². The largest absolute Gasteiger partial charge is 0.381 e. The lowest BCUT2D eigenvalue weighted by Crippen LogP contribution is -2.25. The van der Waals surface area contributed by atoms with E-state index in [0.717, 1.165) is 5.52 Å². The van der Waals surface area contributed by atoms with Gasteiger partial charge < -0.3 is 5.32 Å². The van der Waals surface area contributed by atoms with Crippen molar-refractivity contribution in [2.75, 3.05) is 5.32 Å². The summed E-state index contributed by atoms with van der Waals surface area (Å²) in [7, 11) is 0. The Kier molecular flexibility index (Phi) is 2.54. The van der Waals surface area contributed by atoms with E-state index in [0.29, 0.717) is 11.5 Å². The molecule has 1 aliphatic rings. The predicted octanol–water partition coefficient (Wildman–Crippen LogP) is 4.14. The molecule has 1 atom stereocenters. The Hall–Kier alpha value is -1.57. The van der Waals surface area contributed by atoms with Crippen molar-refractivity contribution in [2.24, 2.45) is 5.41 Å². The van der Waals surface area contributed by atoms with Gasteiger partial charge in [0, 0.05) is 23.3 Å². The number of nitrogens with one attached hydrogen (secondary N) is 1. The highest BCUT2D eigenvalue weighted by atomic mass is 14.9. The van der Waals surface area contributed by atoms with Gasteiger partial charge in [0.05, 0.1) is 5.52 Å². The van der Waals surface area contributed by atoms with Crippen LogP contribution in [0.4, 0.5) is 5.69 Å². The molecule has 1 aromatic carbocycles. The summed E-state index contributed by atoms with van der Waals surface area (Å²) in [6.07, 6.45) is 4.54. The maximum Gasteiger partial charge on any atom is 0.0751 e. The molecule has 0 spiro atoms. The predicted molar refractivity (Wildman–Crippen MR) is 76.9 cm³/mol. The number of pyridine rings is 1. The first kappa shape index (κ1) is 11.5. The van der Waals surface area contributed by atoms with Gasteiger partial charge in [-0.2, -0.15) is 0 Å². The van der Waals surface area contributed by atoms with Crippen molar-refractivity contribution in [2.45, 2.75) is 39.7 Å². The lowest BCUT2D eigenvalue weighted by atomic mass is 9.99. The van der Waals surface area contributed by atoms with Crippen molar-refractivity contribution < 1.29 is 0 Å². The van der Waals surface area contributed by atoms with Gasteiger partial charge in [0.1, 0.15) is 0 Å². The van der Waals surface area contributed by atoms with Crippen molar-refractivity contribution in [1.82, 2.24) is 4.98 Å². The van der Waals surface area contributed by atoms with E-state index in [4.69, 9.17) is 0 Å². The summed E-state index contributed by atoms with van der Waals surface area (Å²) in [5, 5.41) is 4.90. The monoisotopic (exact) mass is 240 g/mol. The molecule has 1 unspecified atom stereocenters. The zero-order chi connectivity index (χ0) is 12.8. The van der Waals surface area contributed by atoms with Gasteiger partial charge >= 0.3 is 0 Å². The molecule has 1 aromatic heterocycles. The molecule has 1 saturated carbocycles. The maximum atomic E-state index is 4.49. The van der Waals surface area contributed by atoms with Crippen LogP contribution in [0, 0.1) is 12.3 Å². The van der Waals surface area contributed by atoms with Crippen molar-refractivity contribution >= 4 is 16.6 Å². The van der Waals surface area contributed by atoms with E-state index >= 15 is 0 Å². The van der Waals surface area contributed by atoms with Gasteiger partial charge in [-0.25, -0.2) is 0 Å². The minimum Gasteiger partial charge on any atom is -0.381 e. The van der Waals surface area contributed by atoms with E-state index in [1.54, 1.807) is 0 Å². The van der Waals surface area contributed by atoms with Crippen LogP contribution in [0.2, 0.25) is 0 Å². The second-order valence-corrected chi connectivity index (χ2v) is 5.85. The van der Waals surface area contributed by atoms with E-state index in [-0.39, 0.29) is 0 Å². The van der Waals surface area contributed by atoms with E-state index in [1.165, 1.54) is 29.5 Å². The summed E-state index contributed by atoms with van der Waals surface area (Å²) in [6, 6.07) is 9.01. The number of fused-ring (bicyclic) bond motifs is 1. The highest BCUT2D eigenvalue weighted by Gasteiger charge is 2.42. The molecule has 2 heteroatoms. The molecule has 2 aromatic rings. The normalized spacial score (nSPS) is 18.6. The molecule has 1 heterocycles. The fourth-order valence-electron chi connectivity index (χ4n) is 2.48. The van der Waals surface area contributed by atoms with Gasteiger partial charge in [-0.3, -0.25) is 4.98 Å². The van der Waals surface area contributed by atoms with Gasteiger partial charge in [0.2, 0.25) is 0 Å². The third-order valence-electron chi connectivity index (χ3n) is 4.43. The first-order chi connectivity index (χ1) is 8.60. The summed E-state index contributed by atoms with van der Waals surface area (Å²) in [4.78, 5) is 4.49. The second kappa shape index (κ2) is 3.98. The maximum absolute atomic E-state index is 4.49. The van der Waals surface area contributed by atoms with E-state index < -0.39 is 0 Å². The third kappa shape index (κ3) is 1.86. The summed E-state index contributed by atoms with van der Waals surface area (Å²) < 4.78 is 0. The summed E-state index contributed by atoms with van der Waals surface area (Å²) in [5.74, 6) is 0. The molecule has 1 fully saturated rings. The number of benzene rings is 1. The van der Waals surface area contributed by atoms with Crippen LogP contribution in [0.3, 0.4) is 0 Å². The zero-order valence-corrected chi connectivity index (χ0v) is 11.3. The first-order valence-electron chi connectivity index (χ1n) is 6.71. The van der Waals surface area contributed by atoms with Crippen molar-refractivity contribution in [3.8, 4) is 0 Å². The van der Waals surface area contributed by atoms with Gasteiger partial charge in [0.25, 0.3) is 0 Å². The highest BCUT2D eigenvalue weighted by Crippen LogP contribution is 2.49. The lowest BCUT2D eigenvalue weighted by molar-refractivity contribution is 0.494. The summed E-state index contributed by atoms with van der Waals surface area (Å²) in [5.41, 5.74) is 4.04. The molecule has 0 amide bonds. The number of aromatic nitrogens is 1. The molecule has 0 aliphatic heterocycles. The van der Waals surface area contributed by atoms with Gasteiger partial charge in [0.15, 0.2) is 0 Å². The van der Waals surface area contributed by atoms with E-state index in [9.17, 15) is 0 Å². The standard InChI is InChI=1S/C16H20N2/c1-11-6-7-14(13-5-4-10-17-15(11)13)18-12(2)16(3)8-9-16/h4-7,10,12,18H,8-9H2,1-3H3. The Bertz CT molecular complexity index is 585. The molecule has 1 aliphatic carbocycles. The summed E-state index contributed by atoms with van der Waals surface area (Å²) in [6.45, 7) is 6.76. The average molecular weight is 240 g/mol. The van der Waals surface area contributed by atoms with Crippen molar-refractivity contribution in [3.63, 3.8) is 0 Å². The minimum atomic E-state index is 0.486. The van der Waals surface area contributed by atoms with Crippen LogP contribution in [0.1, 0.15) is 32.3 Å². The molecule has 0 bridgehead atoms. The second-order valence-electron chi connectivity index (χ2n) is 5.85. The Balaban J connectivity index is 1.99. The van der Waals surface area contributed by atoms with Gasteiger partial charge in [-0.1, -0.05) is 13.0 Å². The Morgan fingerprint density at radius 3 is 2.78 bits per heavy atom. The highest BCUT2D eigenvalue weighted by molar-refractivity contribution is 5.93. The smallest absolute Gasteiger partial charge is 0.0751 e. The minimum absolute atomic E-state index is 0.486. The Labute approximate surface area is 108 Å². The average Bonchev–Trinajstić information content (AvgIpc) is 3.13. The third-order valence-corrected chi connectivity index (χ3v) is 4.43. The van der Waals surface area contributed by atoms with Gasteiger partial charge in [-0.05, 0) is 55.9 Å². The fraction of sp³-hybridized carbons (Fsp3) is 0.438. The first-order valence-corrected chi connectivity index (χ1v) is 6.71. The molecule has 94 valence electrons. The number of nitrogens with zero attached hydrogens (tertiary/aromatic N) is 1. The van der Waals surface area contributed by atoms with Crippen LogP contribution in [-0.4, -0.2) is 11.0 Å². The molecular formula is C16H20N2. The fourth-order valence-corrected chi connectivity index (χ4v) is 2.48. The van der Waals surface area contributed by atoms with Crippen LogP contribution >= 0.6 is 0 Å². The molecule has 0 saturated heterocycles. The van der Waals surface area contributed by atoms with E-state index in [1.807, 2.05) is 12.3 Å². The quantitative estimate of drug-likeness (QED) is 0.872. The molecule has 1 N–H and O–H groups in total. The lowest BCUT2D eigenvalue weighted by Gasteiger charge is -2.22. The van der Waals surface area contributed by atoms with Crippen LogP contribution in [-0.2, 0) is 0 Å². The Morgan fingerprint density at radius 2 is 2.06 bits per heavy atom. The Morgan fingerprint density at radius 1 is 1.28 bits per heavy atom. The van der Waals surface area contributed by atoms with E-state index in [2.05, 4.69) is 49.3 Å². The van der Waals surface area contributed by atoms with Crippen LogP contribution in [0.5, 0.6) is 0 Å². The van der Waals surface area contributed by atoms with Gasteiger partial charge in [-0.15, -0.1) is 0 Å². The zero-order valence-electron chi connectivity index (χ0n) is 11.3. The van der Waals surface area contributed by atoms with Crippen LogP contribution < -0.4 is 5.32 Å². The number of aryl methyl sites for hydroxylation is 1. The molecule has 18 heavy (non-hydrogen) atoms. The summed E-state index contributed by atoms with van der Waals surface area (Å²) >= 11 is 0.